The van der Waals surface area contributed by atoms with Crippen molar-refractivity contribution in [2.45, 2.75) is 0 Å². The van der Waals surface area contributed by atoms with Gasteiger partial charge in [0.25, 0.3) is 0 Å². The second-order valence-electron chi connectivity index (χ2n) is 1.69. The maximum absolute atomic E-state index is 9.24. The smallest absolute Gasteiger partial charge is 0.563 e. The van der Waals surface area contributed by atoms with Crippen LogP contribution < -0.4 is 29.4 Å². The molecule has 0 fully saturated rings. The SMILES string of the molecule is ClCCl.O=[P+]([O-])O[P+](=O)[O-].O=[P+]([O-])O[P+](=O)[O-].O=[P+]([O-])O[P+](=O)[O-].[Ce+3].[Ce+3]. The van der Waals surface area contributed by atoms with E-state index in [0.717, 1.165) is 0 Å². The topological polar surface area (TPSA) is 268 Å². The van der Waals surface area contributed by atoms with Gasteiger partial charge in [-0.3, -0.25) is 0 Å². The van der Waals surface area contributed by atoms with Gasteiger partial charge in [-0.1, -0.05) is 0 Å². The summed E-state index contributed by atoms with van der Waals surface area (Å²) in [5.74, 6) is 0. The van der Waals surface area contributed by atoms with Gasteiger partial charge in [0.2, 0.25) is 0 Å². The number of rotatable bonds is 6. The molecule has 0 aromatic rings. The fourth-order valence-electron chi connectivity index (χ4n) is 0.163. The Morgan fingerprint density at radius 2 is 0.577 bits per heavy atom. The standard InChI is InChI=1S/CH2Cl2.2Ce.3O5P2/c2-1-3;;;3*1-6(2)5-7(3)4/h1H2;;;;;/q;2*+3;;;. The van der Waals surface area contributed by atoms with E-state index >= 15 is 0 Å². The molecule has 26 heavy (non-hydrogen) atoms. The first-order valence-corrected chi connectivity index (χ1v) is 11.5. The van der Waals surface area contributed by atoms with Crippen molar-refractivity contribution in [1.82, 2.24) is 0 Å². The molecule has 0 aliphatic carbocycles. The Hall–Kier alpha value is 3.57. The van der Waals surface area contributed by atoms with Crippen molar-refractivity contribution in [2.24, 2.45) is 0 Å². The Bertz CT molecular complexity index is 348. The Kier molecular flexibility index (Phi) is 55.5. The monoisotopic (exact) mass is 790 g/mol. The van der Waals surface area contributed by atoms with Gasteiger partial charge in [-0.15, -0.1) is 23.2 Å². The largest absolute Gasteiger partial charge is 3.00 e. The Labute approximate surface area is 228 Å². The van der Waals surface area contributed by atoms with E-state index in [-0.39, 0.29) is 88.8 Å². The summed E-state index contributed by atoms with van der Waals surface area (Å²) >= 11 is 9.53. The van der Waals surface area contributed by atoms with Gasteiger partial charge in [0, 0.05) is 0 Å². The predicted octanol–water partition coefficient (Wildman–Crippen LogP) is -1.46. The normalized spacial score (nSPS) is 11.5. The van der Waals surface area contributed by atoms with Crippen molar-refractivity contribution >= 4 is 72.7 Å². The molecule has 0 bridgehead atoms. The fraction of sp³-hybridized carbons (Fsp3) is 1.00. The van der Waals surface area contributed by atoms with Crippen LogP contribution in [-0.4, -0.2) is 5.34 Å². The van der Waals surface area contributed by atoms with Crippen LogP contribution in [-0.2, 0) is 40.3 Å². The first-order chi connectivity index (χ1) is 10.8. The van der Waals surface area contributed by atoms with E-state index in [1.807, 2.05) is 0 Å². The van der Waals surface area contributed by atoms with Gasteiger partial charge >= 0.3 is 133 Å². The van der Waals surface area contributed by atoms with Crippen LogP contribution in [0.25, 0.3) is 0 Å². The number of halogens is 2. The van der Waals surface area contributed by atoms with Crippen LogP contribution in [0.15, 0.2) is 0 Å². The number of alkyl halides is 2. The molecule has 142 valence electrons. The molecule has 0 saturated carbocycles. The second kappa shape index (κ2) is 33.2. The maximum atomic E-state index is 9.24. The van der Waals surface area contributed by atoms with Crippen LogP contribution >= 0.6 is 72.7 Å². The molecule has 0 heterocycles. The molecule has 0 spiro atoms. The number of hydrogen-bond acceptors (Lipinski definition) is 15. The molecular formula is CH2Ce2Cl2O15P6+6. The fourth-order valence-corrected chi connectivity index (χ4v) is 1.47. The van der Waals surface area contributed by atoms with Crippen molar-refractivity contribution in [2.75, 3.05) is 5.34 Å². The van der Waals surface area contributed by atoms with Gasteiger partial charge in [-0.2, -0.15) is 0 Å². The second-order valence-corrected chi connectivity index (χ2v) is 7.14. The van der Waals surface area contributed by atoms with E-state index < -0.39 is 49.5 Å². The molecule has 0 aliphatic rings. The molecule has 0 rings (SSSR count). The van der Waals surface area contributed by atoms with Crippen molar-refractivity contribution in [3.8, 4) is 0 Å². The van der Waals surface area contributed by atoms with E-state index in [9.17, 15) is 56.8 Å². The minimum Gasteiger partial charge on any atom is -0.563 e. The average molecular weight is 791 g/mol. The van der Waals surface area contributed by atoms with E-state index in [1.54, 1.807) is 0 Å². The number of hydrogen-bond donors (Lipinski definition) is 0. The average Bonchev–Trinajstić information content (AvgIpc) is 2.24. The minimum atomic E-state index is -3.24. The predicted molar refractivity (Wildman–Crippen MR) is 65.5 cm³/mol. The molecule has 25 heteroatoms. The van der Waals surface area contributed by atoms with Crippen LogP contribution in [0.2, 0.25) is 0 Å². The van der Waals surface area contributed by atoms with Gasteiger partial charge in [-0.05, 0) is 27.4 Å². The summed E-state index contributed by atoms with van der Waals surface area (Å²) in [6.45, 7) is 0. The molecule has 0 aliphatic heterocycles. The summed E-state index contributed by atoms with van der Waals surface area (Å²) in [4.78, 5) is 55.4. The zero-order valence-electron chi connectivity index (χ0n) is 11.3. The first kappa shape index (κ1) is 43.4. The quantitative estimate of drug-likeness (QED) is 0.220. The summed E-state index contributed by atoms with van der Waals surface area (Å²) in [7, 11) is -19.4. The minimum absolute atomic E-state index is 0. The van der Waals surface area contributed by atoms with Gasteiger partial charge in [0.05, 0.1) is 5.34 Å². The first-order valence-electron chi connectivity index (χ1n) is 3.82. The molecule has 2 radical (unpaired) electrons. The zero-order chi connectivity index (χ0) is 20.3. The molecule has 0 aromatic heterocycles. The van der Waals surface area contributed by atoms with Gasteiger partial charge < -0.3 is 29.4 Å². The van der Waals surface area contributed by atoms with Crippen LogP contribution in [0.3, 0.4) is 0 Å². The molecule has 0 aromatic carbocycles. The van der Waals surface area contributed by atoms with Crippen LogP contribution in [0.5, 0.6) is 0 Å². The Morgan fingerprint density at radius 1 is 0.500 bits per heavy atom. The van der Waals surface area contributed by atoms with E-state index in [2.05, 4.69) is 12.9 Å². The van der Waals surface area contributed by atoms with Crippen LogP contribution in [0.1, 0.15) is 0 Å². The Morgan fingerprint density at radius 3 is 0.577 bits per heavy atom. The van der Waals surface area contributed by atoms with Gasteiger partial charge in [0.15, 0.2) is 0 Å². The summed E-state index contributed by atoms with van der Waals surface area (Å²) in [6, 6.07) is 0. The van der Waals surface area contributed by atoms with Crippen molar-refractivity contribution in [3.05, 3.63) is 0 Å². The summed E-state index contributed by atoms with van der Waals surface area (Å²) in [5, 5.41) is 0.194. The summed E-state index contributed by atoms with van der Waals surface area (Å²) in [5.41, 5.74) is 0. The molecular weight excluding hydrogens is 789 g/mol. The van der Waals surface area contributed by atoms with Gasteiger partial charge in [0.1, 0.15) is 12.9 Å². The van der Waals surface area contributed by atoms with Gasteiger partial charge in [-0.25, -0.2) is 0 Å². The summed E-state index contributed by atoms with van der Waals surface area (Å²) in [6.07, 6.45) is 0. The third kappa shape index (κ3) is 80.3. The van der Waals surface area contributed by atoms with Crippen molar-refractivity contribution in [1.29, 1.82) is 0 Å². The Balaban J connectivity index is -0.0000000517. The molecule has 6 atom stereocenters. The van der Waals surface area contributed by atoms with Crippen molar-refractivity contribution < 1.29 is 153 Å². The van der Waals surface area contributed by atoms with E-state index in [4.69, 9.17) is 23.2 Å². The molecule has 0 amide bonds. The van der Waals surface area contributed by atoms with Crippen LogP contribution in [0, 0.1) is 83.5 Å². The third-order valence-electron chi connectivity index (χ3n) is 0.400. The molecule has 15 nitrogen and oxygen atoms in total. The van der Waals surface area contributed by atoms with Crippen LogP contribution in [0.4, 0.5) is 0 Å². The molecule has 0 saturated heterocycles. The van der Waals surface area contributed by atoms with E-state index in [0.29, 0.717) is 0 Å². The molecule has 6 unspecified atom stereocenters. The van der Waals surface area contributed by atoms with Crippen molar-refractivity contribution in [3.63, 3.8) is 0 Å². The zero-order valence-corrected chi connectivity index (χ0v) is 24.4. The summed E-state index contributed by atoms with van der Waals surface area (Å²) < 4.78 is 64.9. The maximum Gasteiger partial charge on any atom is 3.00 e. The third-order valence-corrected chi connectivity index (χ3v) is 3.60. The molecule has 0 N–H and O–H groups in total. The van der Waals surface area contributed by atoms with E-state index in [1.165, 1.54) is 0 Å².